The lowest BCUT2D eigenvalue weighted by Gasteiger charge is -2.32. The van der Waals surface area contributed by atoms with Crippen molar-refractivity contribution in [3.8, 4) is 11.5 Å². The molecule has 3 aromatic heterocycles. The van der Waals surface area contributed by atoms with E-state index in [-0.39, 0.29) is 29.7 Å². The van der Waals surface area contributed by atoms with E-state index in [1.807, 2.05) is 24.0 Å². The molecule has 3 aromatic rings. The number of aromatic nitrogens is 4. The second kappa shape index (κ2) is 10.0. The van der Waals surface area contributed by atoms with Crippen molar-refractivity contribution in [2.45, 2.75) is 57.4 Å². The summed E-state index contributed by atoms with van der Waals surface area (Å²) in [5.74, 6) is 0.438. The molecule has 0 unspecified atom stereocenters. The Bertz CT molecular complexity index is 1150. The van der Waals surface area contributed by atoms with Gasteiger partial charge in [0.05, 0.1) is 17.0 Å². The monoisotopic (exact) mass is 480 g/mol. The van der Waals surface area contributed by atoms with Crippen molar-refractivity contribution in [2.24, 2.45) is 5.92 Å². The van der Waals surface area contributed by atoms with Crippen molar-refractivity contribution >= 4 is 23.2 Å². The summed E-state index contributed by atoms with van der Waals surface area (Å²) < 4.78 is 5.60. The SMILES string of the molecule is Cc1ccc(C(=O)N2CCCCCCNC(=O)[C@@H]3C[C@@H](c4nc(-c5cnccn5)no4)C[C@@H]32)s1. The average molecular weight is 481 g/mol. The molecule has 1 N–H and O–H groups in total. The minimum absolute atomic E-state index is 0.00299. The van der Waals surface area contributed by atoms with Gasteiger partial charge >= 0.3 is 0 Å². The summed E-state index contributed by atoms with van der Waals surface area (Å²) in [7, 11) is 0. The molecule has 1 saturated heterocycles. The predicted octanol–water partition coefficient (Wildman–Crippen LogP) is 3.59. The van der Waals surface area contributed by atoms with Crippen LogP contribution in [0.1, 0.15) is 64.9 Å². The van der Waals surface area contributed by atoms with E-state index in [0.29, 0.717) is 43.3 Å². The van der Waals surface area contributed by atoms with Crippen LogP contribution in [0.4, 0.5) is 0 Å². The second-order valence-corrected chi connectivity index (χ2v) is 10.3. The number of hydrogen-bond acceptors (Lipinski definition) is 8. The van der Waals surface area contributed by atoms with Crippen molar-refractivity contribution in [3.05, 3.63) is 46.4 Å². The maximum Gasteiger partial charge on any atom is 0.264 e. The van der Waals surface area contributed by atoms with E-state index in [1.54, 1.807) is 18.6 Å². The lowest BCUT2D eigenvalue weighted by Crippen LogP contribution is -2.47. The number of hydrogen-bond donors (Lipinski definition) is 1. The van der Waals surface area contributed by atoms with Crippen LogP contribution in [0.15, 0.2) is 35.2 Å². The molecule has 2 amide bonds. The van der Waals surface area contributed by atoms with E-state index >= 15 is 0 Å². The summed E-state index contributed by atoms with van der Waals surface area (Å²) in [5, 5.41) is 7.18. The summed E-state index contributed by atoms with van der Waals surface area (Å²) >= 11 is 1.50. The molecule has 2 fully saturated rings. The summed E-state index contributed by atoms with van der Waals surface area (Å²) in [4.78, 5) is 43.4. The average Bonchev–Trinajstić information content (AvgIpc) is 3.60. The quantitative estimate of drug-likeness (QED) is 0.609. The minimum Gasteiger partial charge on any atom is -0.356 e. The van der Waals surface area contributed by atoms with Gasteiger partial charge in [0.2, 0.25) is 17.6 Å². The van der Waals surface area contributed by atoms with E-state index in [1.165, 1.54) is 11.3 Å². The maximum absolute atomic E-state index is 13.6. The van der Waals surface area contributed by atoms with Crippen LogP contribution in [-0.4, -0.2) is 56.0 Å². The molecule has 0 aromatic carbocycles. The zero-order valence-electron chi connectivity index (χ0n) is 19.1. The van der Waals surface area contributed by atoms with E-state index in [4.69, 9.17) is 4.52 Å². The molecule has 5 rings (SSSR count). The van der Waals surface area contributed by atoms with Gasteiger partial charge in [-0.25, -0.2) is 4.98 Å². The Hall–Kier alpha value is -3.14. The summed E-state index contributed by atoms with van der Waals surface area (Å²) in [6.45, 7) is 3.31. The van der Waals surface area contributed by atoms with Gasteiger partial charge in [-0.1, -0.05) is 18.0 Å². The molecule has 1 aliphatic carbocycles. The third-order valence-corrected chi connectivity index (χ3v) is 7.67. The lowest BCUT2D eigenvalue weighted by molar-refractivity contribution is -0.126. The number of carbonyl (C=O) groups is 2. The van der Waals surface area contributed by atoms with Crippen molar-refractivity contribution in [1.82, 2.24) is 30.3 Å². The van der Waals surface area contributed by atoms with Crippen molar-refractivity contribution < 1.29 is 14.1 Å². The largest absolute Gasteiger partial charge is 0.356 e. The van der Waals surface area contributed by atoms with Gasteiger partial charge in [0.1, 0.15) is 5.69 Å². The molecule has 3 atom stereocenters. The van der Waals surface area contributed by atoms with E-state index < -0.39 is 0 Å². The number of fused-ring (bicyclic) bond motifs is 1. The number of nitrogens with one attached hydrogen (secondary N) is 1. The molecule has 0 spiro atoms. The van der Waals surface area contributed by atoms with Gasteiger partial charge in [0, 0.05) is 42.3 Å². The highest BCUT2D eigenvalue weighted by Crippen LogP contribution is 2.42. The van der Waals surface area contributed by atoms with Gasteiger partial charge in [-0.05, 0) is 44.7 Å². The highest BCUT2D eigenvalue weighted by Gasteiger charge is 2.45. The molecule has 2 aliphatic rings. The second-order valence-electron chi connectivity index (χ2n) is 9.00. The van der Waals surface area contributed by atoms with Crippen molar-refractivity contribution in [1.29, 1.82) is 0 Å². The maximum atomic E-state index is 13.6. The first-order valence-electron chi connectivity index (χ1n) is 11.9. The van der Waals surface area contributed by atoms with Crippen LogP contribution in [0.25, 0.3) is 11.5 Å². The van der Waals surface area contributed by atoms with Gasteiger partial charge < -0.3 is 14.7 Å². The van der Waals surface area contributed by atoms with E-state index in [0.717, 1.165) is 35.4 Å². The molecular formula is C24H28N6O3S. The van der Waals surface area contributed by atoms with Crippen LogP contribution in [0.5, 0.6) is 0 Å². The van der Waals surface area contributed by atoms with Gasteiger partial charge in [0.15, 0.2) is 0 Å². The Balaban J connectivity index is 1.44. The minimum atomic E-state index is -0.319. The van der Waals surface area contributed by atoms with Crippen LogP contribution in [-0.2, 0) is 4.79 Å². The van der Waals surface area contributed by atoms with Crippen molar-refractivity contribution in [3.63, 3.8) is 0 Å². The van der Waals surface area contributed by atoms with Gasteiger partial charge in [-0.3, -0.25) is 14.6 Å². The van der Waals surface area contributed by atoms with Gasteiger partial charge in [0.25, 0.3) is 5.91 Å². The third kappa shape index (κ3) is 4.72. The zero-order valence-corrected chi connectivity index (χ0v) is 20.0. The predicted molar refractivity (Wildman–Crippen MR) is 126 cm³/mol. The topological polar surface area (TPSA) is 114 Å². The normalized spacial score (nSPS) is 23.7. The molecule has 178 valence electrons. The Kier molecular flexibility index (Phi) is 6.66. The highest BCUT2D eigenvalue weighted by molar-refractivity contribution is 7.13. The molecule has 1 saturated carbocycles. The fraction of sp³-hybridized carbons (Fsp3) is 0.500. The fourth-order valence-electron chi connectivity index (χ4n) is 4.98. The van der Waals surface area contributed by atoms with Crippen LogP contribution in [0.3, 0.4) is 0 Å². The Labute approximate surface area is 202 Å². The first-order valence-corrected chi connectivity index (χ1v) is 12.7. The third-order valence-electron chi connectivity index (χ3n) is 6.69. The molecule has 4 heterocycles. The molecule has 0 radical (unpaired) electrons. The summed E-state index contributed by atoms with van der Waals surface area (Å²) in [6, 6.07) is 3.64. The van der Waals surface area contributed by atoms with E-state index in [9.17, 15) is 9.59 Å². The Morgan fingerprint density at radius 1 is 1.18 bits per heavy atom. The number of nitrogens with zero attached hydrogens (tertiary/aromatic N) is 5. The standard InChI is InChI=1S/C24H28N6O3S/c1-15-6-7-20(34-15)24(32)30-11-5-3-2-4-8-27-22(31)17-12-16(13-19(17)30)23-28-21(29-33-23)18-14-25-9-10-26-18/h6-7,9-10,14,16-17,19H,2-5,8,11-13H2,1H3,(H,27,31)/t16-,17-,19+/m1/s1. The number of rotatable bonds is 3. The number of carbonyl (C=O) groups excluding carboxylic acids is 2. The molecule has 0 bridgehead atoms. The number of thiophene rings is 1. The molecule has 10 heteroatoms. The van der Waals surface area contributed by atoms with Gasteiger partial charge in [-0.2, -0.15) is 4.98 Å². The Morgan fingerprint density at radius 2 is 2.06 bits per heavy atom. The zero-order chi connectivity index (χ0) is 23.5. The highest BCUT2D eigenvalue weighted by atomic mass is 32.1. The van der Waals surface area contributed by atoms with Gasteiger partial charge in [-0.15, -0.1) is 11.3 Å². The first kappa shape index (κ1) is 22.6. The summed E-state index contributed by atoms with van der Waals surface area (Å²) in [5.41, 5.74) is 0.536. The number of aryl methyl sites for hydroxylation is 1. The molecular weight excluding hydrogens is 452 g/mol. The molecule has 9 nitrogen and oxygen atoms in total. The van der Waals surface area contributed by atoms with Crippen LogP contribution in [0.2, 0.25) is 0 Å². The lowest BCUT2D eigenvalue weighted by atomic mass is 10.00. The van der Waals surface area contributed by atoms with Crippen molar-refractivity contribution in [2.75, 3.05) is 13.1 Å². The van der Waals surface area contributed by atoms with Crippen LogP contribution < -0.4 is 5.32 Å². The first-order chi connectivity index (χ1) is 16.6. The molecule has 1 aliphatic heterocycles. The smallest absolute Gasteiger partial charge is 0.264 e. The summed E-state index contributed by atoms with van der Waals surface area (Å²) in [6.07, 6.45) is 9.89. The Morgan fingerprint density at radius 3 is 2.85 bits per heavy atom. The fourth-order valence-corrected chi connectivity index (χ4v) is 5.80. The van der Waals surface area contributed by atoms with Crippen LogP contribution in [0, 0.1) is 12.8 Å². The van der Waals surface area contributed by atoms with E-state index in [2.05, 4.69) is 25.4 Å². The molecule has 34 heavy (non-hydrogen) atoms. The number of amides is 2. The van der Waals surface area contributed by atoms with Crippen LogP contribution >= 0.6 is 11.3 Å².